The first-order valence-corrected chi connectivity index (χ1v) is 9.50. The van der Waals surface area contributed by atoms with E-state index in [1.54, 1.807) is 18.2 Å². The molecule has 1 amide bonds. The molecule has 1 atom stereocenters. The molecule has 0 spiro atoms. The van der Waals surface area contributed by atoms with E-state index >= 15 is 0 Å². The molecule has 8 nitrogen and oxygen atoms in total. The minimum Gasteiger partial charge on any atom is -0.493 e. The number of alkyl halides is 3. The minimum atomic E-state index is -4.56. The molecule has 11 heteroatoms. The molecule has 0 saturated heterocycles. The van der Waals surface area contributed by atoms with E-state index < -0.39 is 17.7 Å². The summed E-state index contributed by atoms with van der Waals surface area (Å²) in [4.78, 5) is 15.9. The molecule has 0 radical (unpaired) electrons. The molecule has 0 aliphatic carbocycles. The van der Waals surface area contributed by atoms with Crippen molar-refractivity contribution in [2.24, 2.45) is 4.99 Å². The van der Waals surface area contributed by atoms with Crippen molar-refractivity contribution in [3.63, 3.8) is 0 Å². The fourth-order valence-corrected chi connectivity index (χ4v) is 3.49. The maximum absolute atomic E-state index is 13.3. The largest absolute Gasteiger partial charge is 0.493 e. The molecular formula is C21H18F3N5O3. The number of amides is 1. The Balaban J connectivity index is 1.61. The fourth-order valence-electron chi connectivity index (χ4n) is 3.49. The third-order valence-electron chi connectivity index (χ3n) is 5.06. The van der Waals surface area contributed by atoms with E-state index in [4.69, 9.17) is 15.2 Å². The van der Waals surface area contributed by atoms with Gasteiger partial charge in [0.15, 0.2) is 11.5 Å². The number of aromatic amines is 1. The number of methoxy groups -OCH3 is 1. The summed E-state index contributed by atoms with van der Waals surface area (Å²) < 4.78 is 51.0. The highest BCUT2D eigenvalue weighted by Crippen LogP contribution is 2.38. The van der Waals surface area contributed by atoms with E-state index in [0.717, 1.165) is 6.07 Å². The van der Waals surface area contributed by atoms with Crippen molar-refractivity contribution in [1.29, 1.82) is 0 Å². The molecule has 0 saturated carbocycles. The number of anilines is 1. The number of aliphatic imine (C=N–C) groups is 1. The van der Waals surface area contributed by atoms with E-state index in [-0.39, 0.29) is 35.9 Å². The highest BCUT2D eigenvalue weighted by molar-refractivity contribution is 5.94. The molecule has 1 unspecified atom stereocenters. The quantitative estimate of drug-likeness (QED) is 0.581. The molecule has 32 heavy (non-hydrogen) atoms. The molecule has 1 aromatic heterocycles. The third-order valence-corrected chi connectivity index (χ3v) is 5.06. The van der Waals surface area contributed by atoms with Crippen LogP contribution in [0.3, 0.4) is 0 Å². The molecule has 4 rings (SSSR count). The van der Waals surface area contributed by atoms with E-state index in [9.17, 15) is 18.0 Å². The van der Waals surface area contributed by atoms with Gasteiger partial charge >= 0.3 is 6.18 Å². The van der Waals surface area contributed by atoms with Gasteiger partial charge in [-0.1, -0.05) is 12.1 Å². The molecule has 0 fully saturated rings. The number of H-pyrrole nitrogens is 1. The van der Waals surface area contributed by atoms with Crippen LogP contribution in [-0.4, -0.2) is 34.6 Å². The van der Waals surface area contributed by atoms with Crippen molar-refractivity contribution < 1.29 is 27.4 Å². The zero-order valence-electron chi connectivity index (χ0n) is 16.8. The summed E-state index contributed by atoms with van der Waals surface area (Å²) in [5.74, 6) is -0.195. The van der Waals surface area contributed by atoms with Gasteiger partial charge in [0.1, 0.15) is 12.3 Å². The number of benzene rings is 2. The second kappa shape index (κ2) is 8.33. The lowest BCUT2D eigenvalue weighted by Crippen LogP contribution is -2.12. The van der Waals surface area contributed by atoms with Gasteiger partial charge in [0.25, 0.3) is 0 Å². The van der Waals surface area contributed by atoms with Gasteiger partial charge in [0, 0.05) is 23.6 Å². The second-order valence-electron chi connectivity index (χ2n) is 7.12. The summed E-state index contributed by atoms with van der Waals surface area (Å²) in [5.41, 5.74) is 6.32. The molecule has 1 aliphatic rings. The molecular weight excluding hydrogens is 427 g/mol. The molecule has 1 aliphatic heterocycles. The normalized spacial score (nSPS) is 15.9. The summed E-state index contributed by atoms with van der Waals surface area (Å²) in [6.45, 7) is -0.339. The average molecular weight is 445 g/mol. The average Bonchev–Trinajstić information content (AvgIpc) is 3.16. The Morgan fingerprint density at radius 3 is 2.72 bits per heavy atom. The SMILES string of the molecule is COc1cc(C2CC(=O)N=Cc3n[nH]nc32)ccc1OCc1ccc(N)cc1C(F)(F)F. The number of hydrogen-bond acceptors (Lipinski definition) is 6. The lowest BCUT2D eigenvalue weighted by molar-refractivity contribution is -0.138. The van der Waals surface area contributed by atoms with Gasteiger partial charge in [-0.05, 0) is 29.8 Å². The maximum atomic E-state index is 13.3. The predicted molar refractivity (Wildman–Crippen MR) is 109 cm³/mol. The number of nitrogens with two attached hydrogens (primary N) is 1. The summed E-state index contributed by atoms with van der Waals surface area (Å²) in [6.07, 6.45) is -3.12. The molecule has 166 valence electrons. The Morgan fingerprint density at radius 2 is 1.97 bits per heavy atom. The van der Waals surface area contributed by atoms with E-state index in [2.05, 4.69) is 20.4 Å². The van der Waals surface area contributed by atoms with Crippen LogP contribution in [0.1, 0.15) is 40.4 Å². The van der Waals surface area contributed by atoms with Crippen LogP contribution in [0.2, 0.25) is 0 Å². The van der Waals surface area contributed by atoms with Gasteiger partial charge in [0.2, 0.25) is 5.91 Å². The lowest BCUT2D eigenvalue weighted by Gasteiger charge is -2.18. The Kier molecular flexibility index (Phi) is 5.56. The van der Waals surface area contributed by atoms with Crippen LogP contribution in [-0.2, 0) is 17.6 Å². The number of rotatable bonds is 5. The highest BCUT2D eigenvalue weighted by atomic mass is 19.4. The van der Waals surface area contributed by atoms with Gasteiger partial charge in [-0.25, -0.2) is 4.99 Å². The van der Waals surface area contributed by atoms with Crippen molar-refractivity contribution in [3.05, 3.63) is 64.5 Å². The molecule has 2 aromatic carbocycles. The standard InChI is InChI=1S/C21H18F3N5O3/c1-31-18-6-11(14-8-19(30)26-9-16-20(14)28-29-27-16)3-5-17(18)32-10-12-2-4-13(25)7-15(12)21(22,23)24/h2-7,9,14H,8,10,25H2,1H3,(H,27,28,29). The van der Waals surface area contributed by atoms with E-state index in [1.807, 2.05) is 0 Å². The summed E-state index contributed by atoms with van der Waals surface area (Å²) in [6, 6.07) is 8.48. The maximum Gasteiger partial charge on any atom is 0.416 e. The number of carbonyl (C=O) groups excluding carboxylic acids is 1. The molecule has 3 aromatic rings. The number of hydrogen-bond donors (Lipinski definition) is 2. The van der Waals surface area contributed by atoms with E-state index in [0.29, 0.717) is 22.7 Å². The van der Waals surface area contributed by atoms with Gasteiger partial charge in [-0.3, -0.25) is 4.79 Å². The highest BCUT2D eigenvalue weighted by Gasteiger charge is 2.34. The van der Waals surface area contributed by atoms with Gasteiger partial charge in [-0.15, -0.1) is 0 Å². The van der Waals surface area contributed by atoms with Crippen molar-refractivity contribution in [1.82, 2.24) is 15.4 Å². The first kappa shape index (κ1) is 21.3. The van der Waals surface area contributed by atoms with Gasteiger partial charge < -0.3 is 15.2 Å². The minimum absolute atomic E-state index is 0.0113. The molecule has 3 N–H and O–H groups in total. The van der Waals surface area contributed by atoms with Crippen molar-refractivity contribution >= 4 is 17.8 Å². The number of nitrogens with one attached hydrogen (secondary N) is 1. The van der Waals surface area contributed by atoms with E-state index in [1.165, 1.54) is 25.5 Å². The number of ether oxygens (including phenoxy) is 2. The van der Waals surface area contributed by atoms with Crippen molar-refractivity contribution in [2.45, 2.75) is 25.1 Å². The number of carbonyl (C=O) groups is 1. The zero-order valence-corrected chi connectivity index (χ0v) is 16.8. The monoisotopic (exact) mass is 445 g/mol. The number of aromatic nitrogens is 3. The van der Waals surface area contributed by atoms with Crippen LogP contribution in [0.4, 0.5) is 18.9 Å². The van der Waals surface area contributed by atoms with Crippen LogP contribution in [0.15, 0.2) is 41.4 Å². The lowest BCUT2D eigenvalue weighted by atomic mass is 9.91. The summed E-state index contributed by atoms with van der Waals surface area (Å²) >= 11 is 0. The first-order valence-electron chi connectivity index (χ1n) is 9.50. The Labute approximate surface area is 180 Å². The van der Waals surface area contributed by atoms with Gasteiger partial charge in [-0.2, -0.15) is 28.6 Å². The zero-order chi connectivity index (χ0) is 22.9. The Bertz CT molecular complexity index is 1190. The number of fused-ring (bicyclic) bond motifs is 1. The number of nitrogens with zero attached hydrogens (tertiary/aromatic N) is 3. The topological polar surface area (TPSA) is 115 Å². The van der Waals surface area contributed by atoms with Crippen LogP contribution < -0.4 is 15.2 Å². The first-order chi connectivity index (χ1) is 15.3. The van der Waals surface area contributed by atoms with Gasteiger partial charge in [0.05, 0.1) is 24.6 Å². The van der Waals surface area contributed by atoms with Crippen molar-refractivity contribution in [3.8, 4) is 11.5 Å². The molecule has 2 heterocycles. The Hall–Kier alpha value is -3.89. The third kappa shape index (κ3) is 4.27. The van der Waals surface area contributed by atoms with Crippen LogP contribution >= 0.6 is 0 Å². The second-order valence-corrected chi connectivity index (χ2v) is 7.12. The molecule has 0 bridgehead atoms. The summed E-state index contributed by atoms with van der Waals surface area (Å²) in [5, 5.41) is 10.6. The van der Waals surface area contributed by atoms with Crippen LogP contribution in [0, 0.1) is 0 Å². The number of nitrogen functional groups attached to an aromatic ring is 1. The Morgan fingerprint density at radius 1 is 1.16 bits per heavy atom. The van der Waals surface area contributed by atoms with Crippen molar-refractivity contribution in [2.75, 3.05) is 12.8 Å². The predicted octanol–water partition coefficient (Wildman–Crippen LogP) is 3.47. The number of halogens is 3. The van der Waals surface area contributed by atoms with Crippen LogP contribution in [0.25, 0.3) is 0 Å². The smallest absolute Gasteiger partial charge is 0.416 e. The summed E-state index contributed by atoms with van der Waals surface area (Å²) in [7, 11) is 1.42. The fraction of sp³-hybridized carbons (Fsp3) is 0.238. The van der Waals surface area contributed by atoms with Crippen LogP contribution in [0.5, 0.6) is 11.5 Å².